The fourth-order valence-corrected chi connectivity index (χ4v) is 2.06. The number of carbonyl (C=O) groups is 1. The molecular weight excluding hydrogens is 226 g/mol. The van der Waals surface area contributed by atoms with E-state index in [4.69, 9.17) is 5.73 Å². The fraction of sp³-hybridized carbons (Fsp3) is 0.909. The summed E-state index contributed by atoms with van der Waals surface area (Å²) in [5.74, 6) is -0.0724. The number of nitrogens with two attached hydrogens (primary N) is 1. The second-order valence-electron chi connectivity index (χ2n) is 5.19. The van der Waals surface area contributed by atoms with Crippen LogP contribution in [0.3, 0.4) is 0 Å². The smallest absolute Gasteiger partial charge is 0.153 e. The predicted molar refractivity (Wildman–Crippen MR) is 66.0 cm³/mol. The summed E-state index contributed by atoms with van der Waals surface area (Å²) in [5, 5.41) is -0.411. The molecule has 0 aromatic carbocycles. The number of hydrogen-bond acceptors (Lipinski definition) is 4. The maximum absolute atomic E-state index is 11.5. The van der Waals surface area contributed by atoms with Gasteiger partial charge in [-0.2, -0.15) is 0 Å². The highest BCUT2D eigenvalue weighted by Gasteiger charge is 2.19. The first-order valence-electron chi connectivity index (χ1n) is 5.57. The van der Waals surface area contributed by atoms with Gasteiger partial charge in [0.15, 0.2) is 9.84 Å². The minimum absolute atomic E-state index is 0.0252. The molecule has 0 saturated heterocycles. The average molecular weight is 249 g/mol. The van der Waals surface area contributed by atoms with Crippen molar-refractivity contribution in [2.45, 2.75) is 57.7 Å². The molecular formula is C11H23NO3S. The van der Waals surface area contributed by atoms with Crippen molar-refractivity contribution in [3.05, 3.63) is 0 Å². The van der Waals surface area contributed by atoms with Gasteiger partial charge in [0, 0.05) is 18.4 Å². The second-order valence-corrected chi connectivity index (χ2v) is 7.87. The van der Waals surface area contributed by atoms with E-state index in [9.17, 15) is 13.2 Å². The minimum Gasteiger partial charge on any atom is -0.326 e. The summed E-state index contributed by atoms with van der Waals surface area (Å²) in [4.78, 5) is 11.4. The van der Waals surface area contributed by atoms with Crippen molar-refractivity contribution in [2.24, 2.45) is 5.73 Å². The van der Waals surface area contributed by atoms with Crippen LogP contribution in [0.15, 0.2) is 0 Å². The van der Waals surface area contributed by atoms with Gasteiger partial charge in [0.25, 0.3) is 0 Å². The van der Waals surface area contributed by atoms with Crippen molar-refractivity contribution in [2.75, 3.05) is 5.75 Å². The lowest BCUT2D eigenvalue weighted by Crippen LogP contribution is -2.32. The van der Waals surface area contributed by atoms with Crippen LogP contribution in [0.2, 0.25) is 0 Å². The van der Waals surface area contributed by atoms with Crippen LogP contribution in [0.4, 0.5) is 0 Å². The van der Waals surface area contributed by atoms with E-state index in [-0.39, 0.29) is 23.5 Å². The van der Waals surface area contributed by atoms with Crippen LogP contribution >= 0.6 is 0 Å². The fourth-order valence-electron chi connectivity index (χ4n) is 1.08. The van der Waals surface area contributed by atoms with Gasteiger partial charge in [-0.05, 0) is 34.1 Å². The Morgan fingerprint density at radius 1 is 1.25 bits per heavy atom. The lowest BCUT2D eigenvalue weighted by atomic mass is 9.98. The first kappa shape index (κ1) is 15.6. The number of sulfone groups is 1. The summed E-state index contributed by atoms with van der Waals surface area (Å²) in [6, 6.07) is 0. The van der Waals surface area contributed by atoms with E-state index >= 15 is 0 Å². The Bertz CT molecular complexity index is 326. The SMILES string of the molecule is CC(C)S(=O)(=O)CCC(=O)CCC(C)(C)N. The molecule has 0 rings (SSSR count). The molecule has 0 heterocycles. The van der Waals surface area contributed by atoms with E-state index in [1.165, 1.54) is 0 Å². The van der Waals surface area contributed by atoms with Crippen molar-refractivity contribution >= 4 is 15.6 Å². The molecule has 96 valence electrons. The molecule has 0 aromatic heterocycles. The lowest BCUT2D eigenvalue weighted by molar-refractivity contribution is -0.119. The Labute approximate surface area is 98.5 Å². The summed E-state index contributed by atoms with van der Waals surface area (Å²) >= 11 is 0. The molecule has 2 N–H and O–H groups in total. The monoisotopic (exact) mass is 249 g/mol. The van der Waals surface area contributed by atoms with Crippen LogP contribution in [-0.2, 0) is 14.6 Å². The van der Waals surface area contributed by atoms with Crippen LogP contribution in [0.5, 0.6) is 0 Å². The van der Waals surface area contributed by atoms with Gasteiger partial charge in [-0.1, -0.05) is 0 Å². The van der Waals surface area contributed by atoms with Gasteiger partial charge in [0.2, 0.25) is 0 Å². The first-order chi connectivity index (χ1) is 7.04. The van der Waals surface area contributed by atoms with E-state index < -0.39 is 15.1 Å². The van der Waals surface area contributed by atoms with Gasteiger partial charge in [0.05, 0.1) is 11.0 Å². The zero-order chi connectivity index (χ0) is 13.0. The molecule has 4 nitrogen and oxygen atoms in total. The highest BCUT2D eigenvalue weighted by molar-refractivity contribution is 7.91. The third-order valence-electron chi connectivity index (χ3n) is 2.43. The Balaban J connectivity index is 4.01. The van der Waals surface area contributed by atoms with Crippen LogP contribution in [0, 0.1) is 0 Å². The molecule has 5 heteroatoms. The molecule has 0 aliphatic heterocycles. The van der Waals surface area contributed by atoms with E-state index in [2.05, 4.69) is 0 Å². The van der Waals surface area contributed by atoms with Gasteiger partial charge in [-0.15, -0.1) is 0 Å². The number of rotatable bonds is 7. The lowest BCUT2D eigenvalue weighted by Gasteiger charge is -2.17. The van der Waals surface area contributed by atoms with Gasteiger partial charge in [-0.3, -0.25) is 4.79 Å². The van der Waals surface area contributed by atoms with E-state index in [0.29, 0.717) is 12.8 Å². The Hall–Kier alpha value is -0.420. The Morgan fingerprint density at radius 3 is 2.12 bits per heavy atom. The molecule has 0 aliphatic rings. The van der Waals surface area contributed by atoms with Gasteiger partial charge >= 0.3 is 0 Å². The van der Waals surface area contributed by atoms with Crippen molar-refractivity contribution in [3.63, 3.8) is 0 Å². The molecule has 0 aliphatic carbocycles. The summed E-state index contributed by atoms with van der Waals surface area (Å²) < 4.78 is 22.9. The third kappa shape index (κ3) is 6.95. The normalized spacial score (nSPS) is 13.1. The van der Waals surface area contributed by atoms with E-state index in [1.54, 1.807) is 13.8 Å². The summed E-state index contributed by atoms with van der Waals surface area (Å²) in [5.41, 5.74) is 5.37. The molecule has 0 aromatic rings. The molecule has 0 saturated carbocycles. The highest BCUT2D eigenvalue weighted by Crippen LogP contribution is 2.10. The largest absolute Gasteiger partial charge is 0.326 e. The first-order valence-corrected chi connectivity index (χ1v) is 7.28. The average Bonchev–Trinajstić information content (AvgIpc) is 2.10. The van der Waals surface area contributed by atoms with Crippen molar-refractivity contribution in [3.8, 4) is 0 Å². The van der Waals surface area contributed by atoms with Crippen LogP contribution in [0.1, 0.15) is 47.0 Å². The number of Topliss-reactive ketones (excluding diaryl/α,β-unsaturated/α-hetero) is 1. The standard InChI is InChI=1S/C11H23NO3S/c1-9(2)16(14,15)8-6-10(13)5-7-11(3,4)12/h9H,5-8,12H2,1-4H3. The van der Waals surface area contributed by atoms with Gasteiger partial charge < -0.3 is 5.73 Å². The number of carbonyl (C=O) groups excluding carboxylic acids is 1. The van der Waals surface area contributed by atoms with Crippen molar-refractivity contribution < 1.29 is 13.2 Å². The Kier molecular flexibility index (Phi) is 5.62. The topological polar surface area (TPSA) is 77.2 Å². The van der Waals surface area contributed by atoms with Crippen molar-refractivity contribution in [1.82, 2.24) is 0 Å². The van der Waals surface area contributed by atoms with Crippen LogP contribution < -0.4 is 5.73 Å². The summed E-state index contributed by atoms with van der Waals surface area (Å²) in [6.45, 7) is 6.96. The van der Waals surface area contributed by atoms with Crippen molar-refractivity contribution in [1.29, 1.82) is 0 Å². The molecule has 0 radical (unpaired) electrons. The number of hydrogen-bond donors (Lipinski definition) is 1. The zero-order valence-corrected chi connectivity index (χ0v) is 11.4. The summed E-state index contributed by atoms with van der Waals surface area (Å²) in [6.07, 6.45) is 1.06. The maximum atomic E-state index is 11.5. The molecule has 16 heavy (non-hydrogen) atoms. The predicted octanol–water partition coefficient (Wildman–Crippen LogP) is 1.29. The molecule has 0 amide bonds. The molecule has 0 unspecified atom stereocenters. The van der Waals surface area contributed by atoms with Crippen LogP contribution in [-0.4, -0.2) is 30.7 Å². The maximum Gasteiger partial charge on any atom is 0.153 e. The zero-order valence-electron chi connectivity index (χ0n) is 10.6. The quantitative estimate of drug-likeness (QED) is 0.737. The summed E-state index contributed by atoms with van der Waals surface area (Å²) in [7, 11) is -3.10. The highest BCUT2D eigenvalue weighted by atomic mass is 32.2. The van der Waals surface area contributed by atoms with E-state index in [0.717, 1.165) is 0 Å². The van der Waals surface area contributed by atoms with E-state index in [1.807, 2.05) is 13.8 Å². The van der Waals surface area contributed by atoms with Gasteiger partial charge in [-0.25, -0.2) is 8.42 Å². The number of ketones is 1. The Morgan fingerprint density at radius 2 is 1.75 bits per heavy atom. The van der Waals surface area contributed by atoms with Gasteiger partial charge in [0.1, 0.15) is 5.78 Å². The minimum atomic E-state index is -3.10. The second kappa shape index (κ2) is 5.77. The third-order valence-corrected chi connectivity index (χ3v) is 4.64. The van der Waals surface area contributed by atoms with Crippen LogP contribution in [0.25, 0.3) is 0 Å². The molecule has 0 spiro atoms. The molecule has 0 fully saturated rings. The molecule has 0 atom stereocenters. The molecule has 0 bridgehead atoms.